The Hall–Kier alpha value is 1.10. The van der Waals surface area contributed by atoms with E-state index < -0.39 is 0 Å². The zero-order valence-electron chi connectivity index (χ0n) is 8.53. The van der Waals surface area contributed by atoms with Crippen LogP contribution < -0.4 is 0 Å². The van der Waals surface area contributed by atoms with E-state index in [9.17, 15) is 0 Å². The first-order chi connectivity index (χ1) is 4.97. The Labute approximate surface area is 103 Å². The maximum Gasteiger partial charge on any atom is 0 e. The van der Waals surface area contributed by atoms with Crippen molar-refractivity contribution < 1.29 is 32.7 Å². The molecule has 0 heterocycles. The number of rotatable bonds is 1. The smallest absolute Gasteiger partial charge is 0 e. The topological polar surface area (TPSA) is 0 Å². The fraction of sp³-hybridized carbons (Fsp3) is 0.818. The second kappa shape index (κ2) is 4.55. The van der Waals surface area contributed by atoms with Crippen LogP contribution in [0.2, 0.25) is 0 Å². The van der Waals surface area contributed by atoms with Crippen LogP contribution in [0.1, 0.15) is 46.0 Å². The normalized spacial score (nSPS) is 34.0. The minimum Gasteiger partial charge on any atom is -0.345 e. The molecule has 0 bridgehead atoms. The Bertz CT molecular complexity index is 140. The SMILES string of the molecule is [CH2-]CC1([CH2-])CCCC(C)(C)C1.[Y]. The van der Waals surface area contributed by atoms with Gasteiger partial charge in [-0.3, -0.25) is 0 Å². The summed E-state index contributed by atoms with van der Waals surface area (Å²) in [6, 6.07) is 0. The fourth-order valence-corrected chi connectivity index (χ4v) is 2.35. The van der Waals surface area contributed by atoms with Crippen LogP contribution in [-0.4, -0.2) is 0 Å². The van der Waals surface area contributed by atoms with Crippen LogP contribution >= 0.6 is 0 Å². The van der Waals surface area contributed by atoms with E-state index in [1.165, 1.54) is 25.7 Å². The van der Waals surface area contributed by atoms with Gasteiger partial charge in [0, 0.05) is 32.7 Å². The first-order valence-electron chi connectivity index (χ1n) is 4.62. The maximum absolute atomic E-state index is 4.28. The van der Waals surface area contributed by atoms with Gasteiger partial charge >= 0.3 is 0 Å². The van der Waals surface area contributed by atoms with E-state index in [1.807, 2.05) is 0 Å². The van der Waals surface area contributed by atoms with Crippen LogP contribution in [0, 0.1) is 24.7 Å². The van der Waals surface area contributed by atoms with Gasteiger partial charge in [-0.1, -0.05) is 33.1 Å². The third-order valence-electron chi connectivity index (χ3n) is 2.94. The van der Waals surface area contributed by atoms with Gasteiger partial charge in [-0.2, -0.15) is 5.41 Å². The van der Waals surface area contributed by atoms with Crippen molar-refractivity contribution in [3.8, 4) is 0 Å². The Balaban J connectivity index is 0.00000121. The minimum absolute atomic E-state index is 0. The van der Waals surface area contributed by atoms with Gasteiger partial charge in [-0.25, -0.2) is 6.42 Å². The Morgan fingerprint density at radius 2 is 1.83 bits per heavy atom. The van der Waals surface area contributed by atoms with Crippen molar-refractivity contribution in [2.45, 2.75) is 46.0 Å². The van der Waals surface area contributed by atoms with E-state index in [4.69, 9.17) is 0 Å². The number of hydrogen-bond donors (Lipinski definition) is 0. The molecule has 1 rings (SSSR count). The van der Waals surface area contributed by atoms with Crippen LogP contribution in [0.4, 0.5) is 0 Å². The number of hydrogen-bond acceptors (Lipinski definition) is 0. The van der Waals surface area contributed by atoms with Crippen molar-refractivity contribution in [2.24, 2.45) is 10.8 Å². The molecule has 1 radical (unpaired) electrons. The molecule has 1 unspecified atom stereocenters. The standard InChI is InChI=1S/C11H20.Y/c1-5-11(4)8-6-7-10(2,3)9-11;/h1,4-9H2,2-3H3;/q-2;. The van der Waals surface area contributed by atoms with Crippen molar-refractivity contribution in [3.05, 3.63) is 13.8 Å². The Morgan fingerprint density at radius 1 is 1.25 bits per heavy atom. The predicted octanol–water partition coefficient (Wildman–Crippen LogP) is 3.63. The van der Waals surface area contributed by atoms with Gasteiger partial charge in [0.1, 0.15) is 0 Å². The van der Waals surface area contributed by atoms with E-state index in [0.717, 1.165) is 6.42 Å². The van der Waals surface area contributed by atoms with E-state index in [1.54, 1.807) is 0 Å². The largest absolute Gasteiger partial charge is 0.345 e. The van der Waals surface area contributed by atoms with Gasteiger partial charge < -0.3 is 13.8 Å². The molecule has 1 fully saturated rings. The molecule has 1 aliphatic rings. The monoisotopic (exact) mass is 241 g/mol. The molecule has 0 spiro atoms. The molecule has 1 atom stereocenters. The summed E-state index contributed by atoms with van der Waals surface area (Å²) in [5.41, 5.74) is 0.805. The molecule has 69 valence electrons. The molecule has 0 saturated heterocycles. The van der Waals surface area contributed by atoms with Crippen molar-refractivity contribution >= 4 is 0 Å². The summed E-state index contributed by atoms with van der Waals surface area (Å²) in [5.74, 6) is 0. The first kappa shape index (κ1) is 13.1. The molecule has 0 nitrogen and oxygen atoms in total. The Kier molecular flexibility index (Phi) is 4.97. The van der Waals surface area contributed by atoms with Crippen LogP contribution in [0.5, 0.6) is 0 Å². The summed E-state index contributed by atoms with van der Waals surface area (Å²) in [5, 5.41) is 0. The molecule has 12 heavy (non-hydrogen) atoms. The molecule has 1 heteroatoms. The summed E-state index contributed by atoms with van der Waals surface area (Å²) in [6.45, 7) is 13.0. The second-order valence-electron chi connectivity index (χ2n) is 4.94. The molecule has 1 aliphatic carbocycles. The summed E-state index contributed by atoms with van der Waals surface area (Å²) in [7, 11) is 0. The zero-order valence-corrected chi connectivity index (χ0v) is 11.4. The second-order valence-corrected chi connectivity index (χ2v) is 4.94. The molecule has 1 saturated carbocycles. The zero-order chi connectivity index (χ0) is 8.54. The van der Waals surface area contributed by atoms with Crippen molar-refractivity contribution in [1.82, 2.24) is 0 Å². The molecule has 0 aromatic rings. The van der Waals surface area contributed by atoms with Crippen LogP contribution in [0.25, 0.3) is 0 Å². The third-order valence-corrected chi connectivity index (χ3v) is 2.94. The molecule has 0 aromatic carbocycles. The van der Waals surface area contributed by atoms with Gasteiger partial charge in [-0.05, 0) is 11.8 Å². The summed E-state index contributed by atoms with van der Waals surface area (Å²) in [6.07, 6.45) is 6.23. The first-order valence-corrected chi connectivity index (χ1v) is 4.62. The summed E-state index contributed by atoms with van der Waals surface area (Å²) in [4.78, 5) is 0. The van der Waals surface area contributed by atoms with E-state index in [2.05, 4.69) is 27.7 Å². The average molecular weight is 241 g/mol. The van der Waals surface area contributed by atoms with Gasteiger partial charge in [0.2, 0.25) is 0 Å². The van der Waals surface area contributed by atoms with Crippen molar-refractivity contribution in [2.75, 3.05) is 0 Å². The molecule has 0 amide bonds. The average Bonchev–Trinajstić information content (AvgIpc) is 1.85. The maximum atomic E-state index is 4.28. The van der Waals surface area contributed by atoms with E-state index >= 15 is 0 Å². The van der Waals surface area contributed by atoms with Crippen molar-refractivity contribution in [1.29, 1.82) is 0 Å². The summed E-state index contributed by atoms with van der Waals surface area (Å²) < 4.78 is 0. The van der Waals surface area contributed by atoms with Gasteiger partial charge in [0.05, 0.1) is 0 Å². The molecule has 0 aromatic heterocycles. The fourth-order valence-electron chi connectivity index (χ4n) is 2.35. The van der Waals surface area contributed by atoms with Gasteiger partial charge in [0.15, 0.2) is 0 Å². The quantitative estimate of drug-likeness (QED) is 0.615. The van der Waals surface area contributed by atoms with Gasteiger partial charge in [0.25, 0.3) is 0 Å². The van der Waals surface area contributed by atoms with Crippen LogP contribution in [0.3, 0.4) is 0 Å². The van der Waals surface area contributed by atoms with E-state index in [0.29, 0.717) is 10.8 Å². The Morgan fingerprint density at radius 3 is 2.17 bits per heavy atom. The molecular weight excluding hydrogens is 221 g/mol. The molecule has 0 N–H and O–H groups in total. The van der Waals surface area contributed by atoms with Crippen molar-refractivity contribution in [3.63, 3.8) is 0 Å². The minimum atomic E-state index is 0. The van der Waals surface area contributed by atoms with E-state index in [-0.39, 0.29) is 32.7 Å². The molecule has 0 aliphatic heterocycles. The van der Waals surface area contributed by atoms with Gasteiger partial charge in [-0.15, -0.1) is 0 Å². The van der Waals surface area contributed by atoms with Crippen LogP contribution in [0.15, 0.2) is 0 Å². The summed E-state index contributed by atoms with van der Waals surface area (Å²) >= 11 is 0. The third kappa shape index (κ3) is 3.46. The predicted molar refractivity (Wildman–Crippen MR) is 50.0 cm³/mol. The molecular formula is C11H20Y-2. The van der Waals surface area contributed by atoms with Crippen LogP contribution in [-0.2, 0) is 32.7 Å².